The summed E-state index contributed by atoms with van der Waals surface area (Å²) in [5.41, 5.74) is 0.513. The maximum atomic E-state index is 12.5. The molecule has 0 unspecified atom stereocenters. The molecule has 0 aliphatic rings. The molecule has 156 valence electrons. The molecule has 3 rings (SSSR count). The number of carbonyl (C=O) groups excluding carboxylic acids is 1. The van der Waals surface area contributed by atoms with Gasteiger partial charge in [0.15, 0.2) is 11.5 Å². The summed E-state index contributed by atoms with van der Waals surface area (Å²) in [4.78, 5) is 16.1. The Morgan fingerprint density at radius 3 is 2.37 bits per heavy atom. The normalized spacial score (nSPS) is 11.2. The zero-order chi connectivity index (χ0) is 21.6. The van der Waals surface area contributed by atoms with Gasteiger partial charge in [-0.2, -0.15) is 4.31 Å². The summed E-state index contributed by atoms with van der Waals surface area (Å²) in [6.45, 7) is -0.337. The van der Waals surface area contributed by atoms with Gasteiger partial charge in [-0.3, -0.25) is 9.78 Å². The number of likely N-dealkylation sites (N-methyl/N-ethyl adjacent to an activating group) is 1. The van der Waals surface area contributed by atoms with Crippen LogP contribution in [0.2, 0.25) is 0 Å². The molecule has 1 aromatic heterocycles. The molecular formula is C21H21N3O5S. The Labute approximate surface area is 175 Å². The molecule has 30 heavy (non-hydrogen) atoms. The average Bonchev–Trinajstić information content (AvgIpc) is 2.76. The minimum Gasteiger partial charge on any atom is -0.493 e. The highest BCUT2D eigenvalue weighted by molar-refractivity contribution is 7.89. The first-order chi connectivity index (χ1) is 14.4. The Morgan fingerprint density at radius 1 is 1.03 bits per heavy atom. The summed E-state index contributed by atoms with van der Waals surface area (Å²) in [7, 11) is -0.895. The number of para-hydroxylation sites is 2. The zero-order valence-electron chi connectivity index (χ0n) is 16.5. The maximum Gasteiger partial charge on any atom is 0.244 e. The number of nitrogens with one attached hydrogen (secondary N) is 1. The summed E-state index contributed by atoms with van der Waals surface area (Å²) in [6, 6.07) is 16.9. The minimum atomic E-state index is -3.80. The summed E-state index contributed by atoms with van der Waals surface area (Å²) in [5, 5.41) is 2.67. The predicted molar refractivity (Wildman–Crippen MR) is 112 cm³/mol. The first-order valence-electron chi connectivity index (χ1n) is 8.97. The lowest BCUT2D eigenvalue weighted by Crippen LogP contribution is -2.35. The quantitative estimate of drug-likeness (QED) is 0.593. The number of carbonyl (C=O) groups is 1. The highest BCUT2D eigenvalue weighted by Gasteiger charge is 2.23. The number of ether oxygens (including phenoxy) is 2. The monoisotopic (exact) mass is 427 g/mol. The molecule has 0 spiro atoms. The van der Waals surface area contributed by atoms with Crippen molar-refractivity contribution < 1.29 is 22.7 Å². The van der Waals surface area contributed by atoms with Gasteiger partial charge >= 0.3 is 0 Å². The molecule has 9 heteroatoms. The SMILES string of the molecule is COc1ccccc1Oc1ccc(NC(=O)CN(C)S(=O)(=O)c2cccnc2)cc1. The molecule has 0 saturated heterocycles. The van der Waals surface area contributed by atoms with E-state index < -0.39 is 15.9 Å². The fraction of sp³-hybridized carbons (Fsp3) is 0.143. The number of benzene rings is 2. The highest BCUT2D eigenvalue weighted by atomic mass is 32.2. The number of anilines is 1. The van der Waals surface area contributed by atoms with E-state index in [1.165, 1.54) is 31.6 Å². The van der Waals surface area contributed by atoms with Gasteiger partial charge in [0.2, 0.25) is 15.9 Å². The summed E-state index contributed by atoms with van der Waals surface area (Å²) >= 11 is 0. The van der Waals surface area contributed by atoms with Gasteiger partial charge in [-0.15, -0.1) is 0 Å². The third-order valence-electron chi connectivity index (χ3n) is 4.14. The maximum absolute atomic E-state index is 12.5. The summed E-state index contributed by atoms with van der Waals surface area (Å²) in [6.07, 6.45) is 2.72. The van der Waals surface area contributed by atoms with Gasteiger partial charge in [-0.25, -0.2) is 8.42 Å². The summed E-state index contributed by atoms with van der Waals surface area (Å²) < 4.78 is 36.9. The number of hydrogen-bond donors (Lipinski definition) is 1. The number of rotatable bonds is 8. The second-order valence-corrected chi connectivity index (χ2v) is 8.32. The van der Waals surface area contributed by atoms with Crippen molar-refractivity contribution in [2.75, 3.05) is 26.0 Å². The number of aromatic nitrogens is 1. The van der Waals surface area contributed by atoms with Gasteiger partial charge in [0.1, 0.15) is 10.6 Å². The standard InChI is InChI=1S/C21H21N3O5S/c1-24(30(26,27)18-6-5-13-22-14-18)15-21(25)23-16-9-11-17(12-10-16)29-20-8-4-3-7-19(20)28-2/h3-14H,15H2,1-2H3,(H,23,25). The lowest BCUT2D eigenvalue weighted by atomic mass is 10.3. The molecule has 0 saturated carbocycles. The first-order valence-corrected chi connectivity index (χ1v) is 10.4. The number of hydrogen-bond acceptors (Lipinski definition) is 6. The third-order valence-corrected chi connectivity index (χ3v) is 5.93. The van der Waals surface area contributed by atoms with E-state index in [4.69, 9.17) is 9.47 Å². The lowest BCUT2D eigenvalue weighted by Gasteiger charge is -2.16. The second kappa shape index (κ2) is 9.38. The van der Waals surface area contributed by atoms with E-state index in [0.29, 0.717) is 22.9 Å². The van der Waals surface area contributed by atoms with E-state index in [2.05, 4.69) is 10.3 Å². The summed E-state index contributed by atoms with van der Waals surface area (Å²) in [5.74, 6) is 1.27. The van der Waals surface area contributed by atoms with Crippen LogP contribution in [-0.4, -0.2) is 44.3 Å². The molecule has 0 aliphatic heterocycles. The van der Waals surface area contributed by atoms with Crippen molar-refractivity contribution in [3.63, 3.8) is 0 Å². The molecule has 0 radical (unpaired) electrons. The molecule has 8 nitrogen and oxygen atoms in total. The van der Waals surface area contributed by atoms with E-state index in [9.17, 15) is 13.2 Å². The highest BCUT2D eigenvalue weighted by Crippen LogP contribution is 2.31. The molecule has 0 fully saturated rings. The molecule has 1 amide bonds. The molecule has 0 aliphatic carbocycles. The molecule has 1 heterocycles. The number of pyridine rings is 1. The van der Waals surface area contributed by atoms with Crippen LogP contribution in [0.15, 0.2) is 78.0 Å². The van der Waals surface area contributed by atoms with Gasteiger partial charge in [-0.1, -0.05) is 12.1 Å². The van der Waals surface area contributed by atoms with E-state index in [1.54, 1.807) is 43.5 Å². The van der Waals surface area contributed by atoms with E-state index in [-0.39, 0.29) is 11.4 Å². The average molecular weight is 427 g/mol. The smallest absolute Gasteiger partial charge is 0.244 e. The third kappa shape index (κ3) is 5.13. The number of amides is 1. The van der Waals surface area contributed by atoms with E-state index >= 15 is 0 Å². The Hall–Kier alpha value is -3.43. The van der Waals surface area contributed by atoms with Crippen molar-refractivity contribution in [1.29, 1.82) is 0 Å². The van der Waals surface area contributed by atoms with Crippen LogP contribution in [0.3, 0.4) is 0 Å². The van der Waals surface area contributed by atoms with Crippen molar-refractivity contribution in [2.45, 2.75) is 4.90 Å². The van der Waals surface area contributed by atoms with Crippen molar-refractivity contribution in [3.05, 3.63) is 73.1 Å². The van der Waals surface area contributed by atoms with Crippen LogP contribution in [0.4, 0.5) is 5.69 Å². The van der Waals surface area contributed by atoms with Gasteiger partial charge in [0.05, 0.1) is 13.7 Å². The first kappa shape index (κ1) is 21.3. The topological polar surface area (TPSA) is 97.8 Å². The fourth-order valence-corrected chi connectivity index (χ4v) is 3.70. The van der Waals surface area contributed by atoms with Crippen LogP contribution in [0.1, 0.15) is 0 Å². The largest absolute Gasteiger partial charge is 0.493 e. The lowest BCUT2D eigenvalue weighted by molar-refractivity contribution is -0.116. The van der Waals surface area contributed by atoms with Crippen LogP contribution in [0.25, 0.3) is 0 Å². The Kier molecular flexibility index (Phi) is 6.65. The van der Waals surface area contributed by atoms with Crippen LogP contribution in [0, 0.1) is 0 Å². The van der Waals surface area contributed by atoms with Crippen LogP contribution in [-0.2, 0) is 14.8 Å². The molecule has 0 atom stereocenters. The zero-order valence-corrected chi connectivity index (χ0v) is 17.3. The predicted octanol–water partition coefficient (Wildman–Crippen LogP) is 3.14. The van der Waals surface area contributed by atoms with Crippen molar-refractivity contribution >= 4 is 21.6 Å². The minimum absolute atomic E-state index is 0.0261. The van der Waals surface area contributed by atoms with Crippen LogP contribution >= 0.6 is 0 Å². The second-order valence-electron chi connectivity index (χ2n) is 6.28. The van der Waals surface area contributed by atoms with Gasteiger partial charge < -0.3 is 14.8 Å². The van der Waals surface area contributed by atoms with Crippen molar-refractivity contribution in [3.8, 4) is 17.2 Å². The molecule has 3 aromatic rings. The van der Waals surface area contributed by atoms with E-state index in [0.717, 1.165) is 4.31 Å². The number of sulfonamides is 1. The van der Waals surface area contributed by atoms with Crippen LogP contribution < -0.4 is 14.8 Å². The fourth-order valence-electron chi connectivity index (χ4n) is 2.60. The van der Waals surface area contributed by atoms with Gasteiger partial charge in [0.25, 0.3) is 0 Å². The number of nitrogens with zero attached hydrogens (tertiary/aromatic N) is 2. The van der Waals surface area contributed by atoms with Gasteiger partial charge in [0, 0.05) is 25.1 Å². The van der Waals surface area contributed by atoms with E-state index in [1.807, 2.05) is 12.1 Å². The Balaban J connectivity index is 1.60. The molecule has 1 N–H and O–H groups in total. The van der Waals surface area contributed by atoms with Gasteiger partial charge in [-0.05, 0) is 48.5 Å². The van der Waals surface area contributed by atoms with Crippen molar-refractivity contribution in [1.82, 2.24) is 9.29 Å². The Bertz CT molecular complexity index is 1100. The van der Waals surface area contributed by atoms with Crippen LogP contribution in [0.5, 0.6) is 17.2 Å². The molecule has 0 bridgehead atoms. The van der Waals surface area contributed by atoms with Crippen molar-refractivity contribution in [2.24, 2.45) is 0 Å². The molecular weight excluding hydrogens is 406 g/mol. The Morgan fingerprint density at radius 2 is 1.73 bits per heavy atom. The molecule has 2 aromatic carbocycles. The number of methoxy groups -OCH3 is 1.